The van der Waals surface area contributed by atoms with Gasteiger partial charge < -0.3 is 10.6 Å². The maximum absolute atomic E-state index is 6.16. The predicted molar refractivity (Wildman–Crippen MR) is 75.3 cm³/mol. The van der Waals surface area contributed by atoms with Crippen molar-refractivity contribution in [2.24, 2.45) is 11.8 Å². The predicted octanol–water partition coefficient (Wildman–Crippen LogP) is 3.45. The first-order chi connectivity index (χ1) is 7.99. The second kappa shape index (κ2) is 4.59. The van der Waals surface area contributed by atoms with Crippen LogP contribution in [-0.4, -0.2) is 12.6 Å². The van der Waals surface area contributed by atoms with E-state index in [9.17, 15) is 0 Å². The van der Waals surface area contributed by atoms with E-state index in [1.54, 1.807) is 0 Å². The van der Waals surface area contributed by atoms with Crippen molar-refractivity contribution in [2.45, 2.75) is 40.2 Å². The first kappa shape index (κ1) is 12.3. The Balaban J connectivity index is 2.31. The average molecular weight is 232 g/mol. The Kier molecular flexibility index (Phi) is 3.32. The summed E-state index contributed by atoms with van der Waals surface area (Å²) in [6.07, 6.45) is 1.32. The van der Waals surface area contributed by atoms with Crippen molar-refractivity contribution in [1.82, 2.24) is 0 Å². The van der Waals surface area contributed by atoms with Gasteiger partial charge in [0.1, 0.15) is 0 Å². The standard InChI is InChI=1S/C15H24N2/c1-10-5-6-15(14(16)8-10)17-9-11(2)7-12(3)13(17)4/h5-6,8,11-13H,7,9,16H2,1-4H3. The minimum atomic E-state index is 0.580. The average Bonchev–Trinajstić information content (AvgIpc) is 2.24. The number of benzene rings is 1. The van der Waals surface area contributed by atoms with Gasteiger partial charge in [-0.1, -0.05) is 19.9 Å². The SMILES string of the molecule is Cc1ccc(N2CC(C)CC(C)C2C)c(N)c1. The van der Waals surface area contributed by atoms with Crippen LogP contribution in [0.25, 0.3) is 0 Å². The molecule has 1 aromatic rings. The van der Waals surface area contributed by atoms with Gasteiger partial charge in [0.05, 0.1) is 11.4 Å². The zero-order chi connectivity index (χ0) is 12.6. The van der Waals surface area contributed by atoms with Gasteiger partial charge in [-0.2, -0.15) is 0 Å². The highest BCUT2D eigenvalue weighted by Gasteiger charge is 2.29. The highest BCUT2D eigenvalue weighted by atomic mass is 15.2. The third-order valence-electron chi connectivity index (χ3n) is 4.09. The fourth-order valence-corrected chi connectivity index (χ4v) is 2.97. The lowest BCUT2D eigenvalue weighted by Crippen LogP contribution is -2.46. The Bertz CT molecular complexity index is 400. The summed E-state index contributed by atoms with van der Waals surface area (Å²) in [6, 6.07) is 6.98. The van der Waals surface area contributed by atoms with Gasteiger partial charge >= 0.3 is 0 Å². The summed E-state index contributed by atoms with van der Waals surface area (Å²) in [5, 5.41) is 0. The Morgan fingerprint density at radius 2 is 1.94 bits per heavy atom. The van der Waals surface area contributed by atoms with Crippen LogP contribution in [0.3, 0.4) is 0 Å². The van der Waals surface area contributed by atoms with Crippen molar-refractivity contribution in [3.8, 4) is 0 Å². The number of nitrogens with zero attached hydrogens (tertiary/aromatic N) is 1. The van der Waals surface area contributed by atoms with Gasteiger partial charge in [0.2, 0.25) is 0 Å². The molecule has 0 aromatic heterocycles. The molecule has 2 heteroatoms. The van der Waals surface area contributed by atoms with Crippen molar-refractivity contribution in [3.63, 3.8) is 0 Å². The third kappa shape index (κ3) is 2.41. The molecule has 1 heterocycles. The Morgan fingerprint density at radius 3 is 2.59 bits per heavy atom. The van der Waals surface area contributed by atoms with Crippen LogP contribution in [0.1, 0.15) is 32.8 Å². The first-order valence-corrected chi connectivity index (χ1v) is 6.61. The number of aryl methyl sites for hydroxylation is 1. The van der Waals surface area contributed by atoms with Gasteiger partial charge in [-0.3, -0.25) is 0 Å². The molecule has 17 heavy (non-hydrogen) atoms. The van der Waals surface area contributed by atoms with Gasteiger partial charge in [-0.05, 0) is 49.8 Å². The first-order valence-electron chi connectivity index (χ1n) is 6.61. The number of hydrogen-bond donors (Lipinski definition) is 1. The minimum Gasteiger partial charge on any atom is -0.397 e. The van der Waals surface area contributed by atoms with E-state index in [1.165, 1.54) is 17.7 Å². The molecular weight excluding hydrogens is 208 g/mol. The zero-order valence-electron chi connectivity index (χ0n) is 11.4. The molecule has 2 nitrogen and oxygen atoms in total. The van der Waals surface area contributed by atoms with Crippen LogP contribution in [0.15, 0.2) is 18.2 Å². The topological polar surface area (TPSA) is 29.3 Å². The van der Waals surface area contributed by atoms with E-state index >= 15 is 0 Å². The normalized spacial score (nSPS) is 29.4. The number of nitrogens with two attached hydrogens (primary N) is 1. The summed E-state index contributed by atoms with van der Waals surface area (Å²) in [4.78, 5) is 2.48. The van der Waals surface area contributed by atoms with Gasteiger partial charge in [0, 0.05) is 12.6 Å². The number of rotatable bonds is 1. The highest BCUT2D eigenvalue weighted by Crippen LogP contribution is 2.34. The molecule has 2 rings (SSSR count). The third-order valence-corrected chi connectivity index (χ3v) is 4.09. The molecule has 2 N–H and O–H groups in total. The molecule has 0 radical (unpaired) electrons. The van der Waals surface area contributed by atoms with E-state index in [1.807, 2.05) is 0 Å². The smallest absolute Gasteiger partial charge is 0.0602 e. The van der Waals surface area contributed by atoms with E-state index in [0.29, 0.717) is 6.04 Å². The van der Waals surface area contributed by atoms with Crippen molar-refractivity contribution >= 4 is 11.4 Å². The largest absolute Gasteiger partial charge is 0.397 e. The summed E-state index contributed by atoms with van der Waals surface area (Å²) in [7, 11) is 0. The van der Waals surface area contributed by atoms with Crippen molar-refractivity contribution in [2.75, 3.05) is 17.2 Å². The number of anilines is 2. The van der Waals surface area contributed by atoms with Crippen molar-refractivity contribution < 1.29 is 0 Å². The molecule has 1 aliphatic rings. The molecule has 0 aliphatic carbocycles. The second-order valence-corrected chi connectivity index (χ2v) is 5.77. The molecule has 0 bridgehead atoms. The zero-order valence-corrected chi connectivity index (χ0v) is 11.4. The summed E-state index contributed by atoms with van der Waals surface area (Å²) >= 11 is 0. The number of hydrogen-bond acceptors (Lipinski definition) is 2. The second-order valence-electron chi connectivity index (χ2n) is 5.77. The van der Waals surface area contributed by atoms with E-state index in [-0.39, 0.29) is 0 Å². The summed E-state index contributed by atoms with van der Waals surface area (Å²) < 4.78 is 0. The Labute approximate surface area is 105 Å². The van der Waals surface area contributed by atoms with Crippen LogP contribution in [0, 0.1) is 18.8 Å². The molecule has 0 saturated carbocycles. The molecule has 3 atom stereocenters. The van der Waals surface area contributed by atoms with E-state index in [0.717, 1.165) is 24.1 Å². The van der Waals surface area contributed by atoms with Gasteiger partial charge in [0.15, 0.2) is 0 Å². The summed E-state index contributed by atoms with van der Waals surface area (Å²) in [5.41, 5.74) is 9.52. The molecule has 0 amide bonds. The van der Waals surface area contributed by atoms with Crippen molar-refractivity contribution in [3.05, 3.63) is 23.8 Å². The Morgan fingerprint density at radius 1 is 1.24 bits per heavy atom. The summed E-state index contributed by atoms with van der Waals surface area (Å²) in [5.74, 6) is 1.49. The van der Waals surface area contributed by atoms with Crippen LogP contribution in [-0.2, 0) is 0 Å². The van der Waals surface area contributed by atoms with Crippen LogP contribution in [0.4, 0.5) is 11.4 Å². The molecule has 1 fully saturated rings. The van der Waals surface area contributed by atoms with Crippen molar-refractivity contribution in [1.29, 1.82) is 0 Å². The minimum absolute atomic E-state index is 0.580. The van der Waals surface area contributed by atoms with Gasteiger partial charge in [-0.25, -0.2) is 0 Å². The van der Waals surface area contributed by atoms with Crippen LogP contribution in [0.2, 0.25) is 0 Å². The van der Waals surface area contributed by atoms with E-state index in [4.69, 9.17) is 5.73 Å². The quantitative estimate of drug-likeness (QED) is 0.751. The van der Waals surface area contributed by atoms with Crippen LogP contribution in [0.5, 0.6) is 0 Å². The number of nitrogen functional groups attached to an aromatic ring is 1. The lowest BCUT2D eigenvalue weighted by molar-refractivity contribution is 0.297. The Hall–Kier alpha value is -1.18. The molecule has 3 unspecified atom stereocenters. The fraction of sp³-hybridized carbons (Fsp3) is 0.600. The molecule has 1 saturated heterocycles. The van der Waals surface area contributed by atoms with Crippen LogP contribution >= 0.6 is 0 Å². The van der Waals surface area contributed by atoms with Gasteiger partial charge in [0.25, 0.3) is 0 Å². The summed E-state index contributed by atoms with van der Waals surface area (Å²) in [6.45, 7) is 10.2. The molecule has 0 spiro atoms. The van der Waals surface area contributed by atoms with Crippen LogP contribution < -0.4 is 10.6 Å². The maximum Gasteiger partial charge on any atom is 0.0602 e. The number of piperidine rings is 1. The van der Waals surface area contributed by atoms with Gasteiger partial charge in [-0.15, -0.1) is 0 Å². The van der Waals surface area contributed by atoms with E-state index < -0.39 is 0 Å². The monoisotopic (exact) mass is 232 g/mol. The molecule has 94 valence electrons. The lowest BCUT2D eigenvalue weighted by atomic mass is 9.85. The fourth-order valence-electron chi connectivity index (χ4n) is 2.97. The maximum atomic E-state index is 6.16. The molecule has 1 aliphatic heterocycles. The molecular formula is C15H24N2. The highest BCUT2D eigenvalue weighted by molar-refractivity contribution is 5.69. The lowest BCUT2D eigenvalue weighted by Gasteiger charge is -2.43. The van der Waals surface area contributed by atoms with E-state index in [2.05, 4.69) is 50.8 Å². The molecule has 1 aromatic carbocycles.